The minimum Gasteiger partial charge on any atom is -0.497 e. The van der Waals surface area contributed by atoms with Crippen molar-refractivity contribution in [3.05, 3.63) is 95.0 Å². The Bertz CT molecular complexity index is 1230. The van der Waals surface area contributed by atoms with Crippen molar-refractivity contribution < 1.29 is 13.9 Å². The number of methoxy groups -OCH3 is 1. The van der Waals surface area contributed by atoms with E-state index >= 15 is 0 Å². The molecule has 9 heteroatoms. The highest BCUT2D eigenvalue weighted by atomic mass is 32.1. The molecular formula is C22H20FN5O2S. The Morgan fingerprint density at radius 3 is 2.42 bits per heavy atom. The number of carbonyl (C=O) groups is 1. The van der Waals surface area contributed by atoms with Crippen LogP contribution in [0.4, 0.5) is 10.1 Å². The van der Waals surface area contributed by atoms with E-state index in [2.05, 4.69) is 10.4 Å². The molecule has 7 nitrogen and oxygen atoms in total. The van der Waals surface area contributed by atoms with E-state index in [0.29, 0.717) is 22.7 Å². The van der Waals surface area contributed by atoms with Gasteiger partial charge in [0.2, 0.25) is 10.7 Å². The fourth-order valence-corrected chi connectivity index (χ4v) is 3.45. The SMILES string of the molecule is COc1ccc(Cc2nn(CC(=O)Nc3ccc(F)cc3)c(=S)n2-n2cccc2)cc1. The molecule has 0 saturated carbocycles. The first-order valence-corrected chi connectivity index (χ1v) is 9.95. The molecule has 2 aromatic carbocycles. The monoisotopic (exact) mass is 437 g/mol. The molecule has 0 unspecified atom stereocenters. The van der Waals surface area contributed by atoms with Gasteiger partial charge in [-0.3, -0.25) is 9.47 Å². The average molecular weight is 438 g/mol. The van der Waals surface area contributed by atoms with Crippen LogP contribution in [0.2, 0.25) is 0 Å². The number of rotatable bonds is 7. The van der Waals surface area contributed by atoms with Gasteiger partial charge in [0.25, 0.3) is 0 Å². The summed E-state index contributed by atoms with van der Waals surface area (Å²) >= 11 is 5.61. The molecule has 0 aliphatic carbocycles. The summed E-state index contributed by atoms with van der Waals surface area (Å²) in [7, 11) is 1.62. The van der Waals surface area contributed by atoms with Crippen LogP contribution in [0.5, 0.6) is 5.75 Å². The van der Waals surface area contributed by atoms with Crippen molar-refractivity contribution in [1.29, 1.82) is 0 Å². The van der Waals surface area contributed by atoms with E-state index in [1.54, 1.807) is 11.8 Å². The van der Waals surface area contributed by atoms with Crippen LogP contribution in [-0.4, -0.2) is 32.1 Å². The second-order valence-corrected chi connectivity index (χ2v) is 7.18. The Balaban J connectivity index is 1.60. The zero-order valence-corrected chi connectivity index (χ0v) is 17.6. The topological polar surface area (TPSA) is 66.0 Å². The molecule has 0 aliphatic rings. The van der Waals surface area contributed by atoms with Crippen molar-refractivity contribution in [2.24, 2.45) is 0 Å². The van der Waals surface area contributed by atoms with Crippen LogP contribution in [0.25, 0.3) is 0 Å². The molecule has 0 spiro atoms. The van der Waals surface area contributed by atoms with Gasteiger partial charge < -0.3 is 10.1 Å². The second-order valence-electron chi connectivity index (χ2n) is 6.81. The van der Waals surface area contributed by atoms with Crippen LogP contribution >= 0.6 is 12.2 Å². The normalized spacial score (nSPS) is 10.8. The maximum Gasteiger partial charge on any atom is 0.246 e. The lowest BCUT2D eigenvalue weighted by atomic mass is 10.1. The lowest BCUT2D eigenvalue weighted by molar-refractivity contribution is -0.116. The molecule has 0 atom stereocenters. The summed E-state index contributed by atoms with van der Waals surface area (Å²) in [5.41, 5.74) is 1.53. The Labute approximate surface area is 183 Å². The van der Waals surface area contributed by atoms with Gasteiger partial charge in [-0.25, -0.2) is 13.7 Å². The van der Waals surface area contributed by atoms with Crippen molar-refractivity contribution in [1.82, 2.24) is 19.1 Å². The van der Waals surface area contributed by atoms with Crippen molar-refractivity contribution in [3.8, 4) is 5.75 Å². The van der Waals surface area contributed by atoms with E-state index in [1.807, 2.05) is 53.5 Å². The van der Waals surface area contributed by atoms with Gasteiger partial charge in [-0.15, -0.1) is 0 Å². The predicted octanol–water partition coefficient (Wildman–Crippen LogP) is 3.90. The molecule has 4 rings (SSSR count). The van der Waals surface area contributed by atoms with Crippen molar-refractivity contribution in [2.75, 3.05) is 12.4 Å². The third-order valence-corrected chi connectivity index (χ3v) is 5.03. The number of amides is 1. The number of hydrogen-bond acceptors (Lipinski definition) is 4. The molecule has 2 heterocycles. The quantitative estimate of drug-likeness (QED) is 0.446. The summed E-state index contributed by atoms with van der Waals surface area (Å²) in [6, 6.07) is 17.0. The highest BCUT2D eigenvalue weighted by Crippen LogP contribution is 2.16. The Morgan fingerprint density at radius 1 is 1.10 bits per heavy atom. The smallest absolute Gasteiger partial charge is 0.246 e. The summed E-state index contributed by atoms with van der Waals surface area (Å²) in [4.78, 5) is 12.5. The molecule has 0 saturated heterocycles. The van der Waals surface area contributed by atoms with Crippen molar-refractivity contribution >= 4 is 23.8 Å². The second kappa shape index (κ2) is 8.97. The third-order valence-electron chi connectivity index (χ3n) is 4.64. The molecule has 2 aromatic heterocycles. The summed E-state index contributed by atoms with van der Waals surface area (Å²) < 4.78 is 23.8. The van der Waals surface area contributed by atoms with Crippen LogP contribution in [-0.2, 0) is 17.8 Å². The molecule has 0 radical (unpaired) electrons. The lowest BCUT2D eigenvalue weighted by Crippen LogP contribution is -2.20. The summed E-state index contributed by atoms with van der Waals surface area (Å²) in [5, 5.41) is 7.33. The van der Waals surface area contributed by atoms with E-state index in [-0.39, 0.29) is 18.3 Å². The van der Waals surface area contributed by atoms with Gasteiger partial charge >= 0.3 is 0 Å². The predicted molar refractivity (Wildman–Crippen MR) is 117 cm³/mol. The van der Waals surface area contributed by atoms with Gasteiger partial charge in [-0.2, -0.15) is 5.10 Å². The van der Waals surface area contributed by atoms with Gasteiger partial charge in [0, 0.05) is 24.5 Å². The molecule has 0 aliphatic heterocycles. The van der Waals surface area contributed by atoms with Crippen LogP contribution in [0, 0.1) is 10.6 Å². The minimum absolute atomic E-state index is 0.0694. The Kier molecular flexibility index (Phi) is 5.94. The lowest BCUT2D eigenvalue weighted by Gasteiger charge is -2.08. The largest absolute Gasteiger partial charge is 0.497 e. The first-order chi connectivity index (χ1) is 15.0. The Hall–Kier alpha value is -3.72. The molecule has 158 valence electrons. The first kappa shape index (κ1) is 20.5. The summed E-state index contributed by atoms with van der Waals surface area (Å²) in [6.07, 6.45) is 4.23. The maximum absolute atomic E-state index is 13.1. The molecule has 4 aromatic rings. The minimum atomic E-state index is -0.367. The van der Waals surface area contributed by atoms with Crippen LogP contribution < -0.4 is 10.1 Å². The van der Waals surface area contributed by atoms with Crippen LogP contribution in [0.15, 0.2) is 73.1 Å². The number of nitrogens with one attached hydrogen (secondary N) is 1. The molecule has 1 N–H and O–H groups in total. The molecule has 0 bridgehead atoms. The Morgan fingerprint density at radius 2 is 1.77 bits per heavy atom. The zero-order chi connectivity index (χ0) is 21.8. The highest BCUT2D eigenvalue weighted by molar-refractivity contribution is 7.71. The average Bonchev–Trinajstić information content (AvgIpc) is 3.39. The molecule has 0 fully saturated rings. The van der Waals surface area contributed by atoms with Crippen molar-refractivity contribution in [3.63, 3.8) is 0 Å². The van der Waals surface area contributed by atoms with Gasteiger partial charge in [0.15, 0.2) is 5.82 Å². The van der Waals surface area contributed by atoms with Gasteiger partial charge in [-0.05, 0) is 66.3 Å². The summed E-state index contributed by atoms with van der Waals surface area (Å²) in [6.45, 7) is -0.0694. The van der Waals surface area contributed by atoms with Gasteiger partial charge in [0.1, 0.15) is 18.1 Å². The van der Waals surface area contributed by atoms with Crippen molar-refractivity contribution in [2.45, 2.75) is 13.0 Å². The number of ether oxygens (including phenoxy) is 1. The van der Waals surface area contributed by atoms with Gasteiger partial charge in [0.05, 0.1) is 7.11 Å². The zero-order valence-electron chi connectivity index (χ0n) is 16.7. The molecular weight excluding hydrogens is 417 g/mol. The fourth-order valence-electron chi connectivity index (χ4n) is 3.14. The van der Waals surface area contributed by atoms with E-state index in [0.717, 1.165) is 11.3 Å². The van der Waals surface area contributed by atoms with E-state index < -0.39 is 0 Å². The number of anilines is 1. The third kappa shape index (κ3) is 4.72. The first-order valence-electron chi connectivity index (χ1n) is 9.54. The fraction of sp³-hybridized carbons (Fsp3) is 0.136. The van der Waals surface area contributed by atoms with Crippen LogP contribution in [0.1, 0.15) is 11.4 Å². The number of hydrogen-bond donors (Lipinski definition) is 1. The number of aromatic nitrogens is 4. The number of halogens is 1. The maximum atomic E-state index is 13.1. The van der Waals surface area contributed by atoms with Crippen LogP contribution in [0.3, 0.4) is 0 Å². The number of carbonyl (C=O) groups excluding carboxylic acids is 1. The van der Waals surface area contributed by atoms with E-state index in [4.69, 9.17) is 17.0 Å². The number of benzene rings is 2. The van der Waals surface area contributed by atoms with Gasteiger partial charge in [-0.1, -0.05) is 12.1 Å². The van der Waals surface area contributed by atoms with E-state index in [1.165, 1.54) is 28.9 Å². The number of nitrogens with zero attached hydrogens (tertiary/aromatic N) is 4. The highest BCUT2D eigenvalue weighted by Gasteiger charge is 2.15. The van der Waals surface area contributed by atoms with E-state index in [9.17, 15) is 9.18 Å². The molecule has 1 amide bonds. The summed E-state index contributed by atoms with van der Waals surface area (Å²) in [5.74, 6) is 0.777. The molecule has 31 heavy (non-hydrogen) atoms. The standard InChI is InChI=1S/C22H20FN5O2S/c1-30-19-10-4-16(5-11-19)14-20-25-27(22(31)28(20)26-12-2-3-13-26)15-21(29)24-18-8-6-17(23)7-9-18/h2-13H,14-15H2,1H3,(H,24,29).